The van der Waals surface area contributed by atoms with E-state index in [-0.39, 0.29) is 11.9 Å². The number of hydrogen-bond donors (Lipinski definition) is 2. The fraction of sp³-hybridized carbons (Fsp3) is 0.625. The lowest BCUT2D eigenvalue weighted by atomic mass is 10.5. The van der Waals surface area contributed by atoms with E-state index in [1.807, 2.05) is 13.8 Å². The molecule has 3 N–H and O–H groups in total. The van der Waals surface area contributed by atoms with E-state index in [0.717, 1.165) is 13.1 Å². The van der Waals surface area contributed by atoms with E-state index >= 15 is 0 Å². The van der Waals surface area contributed by atoms with Gasteiger partial charge in [0.05, 0.1) is 5.75 Å². The number of aromatic nitrogens is 3. The molecular weight excluding hydrogens is 214 g/mol. The van der Waals surface area contributed by atoms with Crippen LogP contribution in [0.25, 0.3) is 0 Å². The van der Waals surface area contributed by atoms with Gasteiger partial charge in [-0.1, -0.05) is 11.8 Å². The predicted molar refractivity (Wildman–Crippen MR) is 59.4 cm³/mol. The van der Waals surface area contributed by atoms with Gasteiger partial charge in [0.15, 0.2) is 0 Å². The number of nitrogens with one attached hydrogen (secondary N) is 1. The second kappa shape index (κ2) is 5.59. The molecule has 0 spiro atoms. The number of thioether (sulfide) groups is 1. The lowest BCUT2D eigenvalue weighted by Crippen LogP contribution is -2.31. The topological polar surface area (TPSA) is 87.9 Å². The lowest BCUT2D eigenvalue weighted by molar-refractivity contribution is -0.127. The third kappa shape index (κ3) is 3.43. The first-order chi connectivity index (χ1) is 7.17. The summed E-state index contributed by atoms with van der Waals surface area (Å²) in [5, 5.41) is 6.86. The van der Waals surface area contributed by atoms with Crippen molar-refractivity contribution in [1.29, 1.82) is 0 Å². The third-order valence-electron chi connectivity index (χ3n) is 1.92. The maximum absolute atomic E-state index is 11.6. The zero-order chi connectivity index (χ0) is 11.3. The zero-order valence-corrected chi connectivity index (χ0v) is 9.67. The summed E-state index contributed by atoms with van der Waals surface area (Å²) in [6.45, 7) is 5.37. The van der Waals surface area contributed by atoms with Crippen molar-refractivity contribution in [3.8, 4) is 0 Å². The molecule has 1 heterocycles. The molecule has 0 bridgehead atoms. The van der Waals surface area contributed by atoms with Crippen LogP contribution in [0.1, 0.15) is 13.8 Å². The highest BCUT2D eigenvalue weighted by atomic mass is 32.2. The first kappa shape index (κ1) is 11.8. The van der Waals surface area contributed by atoms with E-state index in [9.17, 15) is 4.79 Å². The summed E-state index contributed by atoms with van der Waals surface area (Å²) in [4.78, 5) is 17.3. The molecule has 15 heavy (non-hydrogen) atoms. The van der Waals surface area contributed by atoms with Gasteiger partial charge in [0, 0.05) is 13.1 Å². The lowest BCUT2D eigenvalue weighted by Gasteiger charge is -2.17. The van der Waals surface area contributed by atoms with Crippen molar-refractivity contribution in [1.82, 2.24) is 20.1 Å². The van der Waals surface area contributed by atoms with Gasteiger partial charge in [-0.2, -0.15) is 4.98 Å². The molecule has 0 radical (unpaired) electrons. The average molecular weight is 229 g/mol. The average Bonchev–Trinajstić information content (AvgIpc) is 2.63. The van der Waals surface area contributed by atoms with Crippen LogP contribution in [0.3, 0.4) is 0 Å². The predicted octanol–water partition coefficient (Wildman–Crippen LogP) is 0.347. The number of nitrogens with two attached hydrogens (primary N) is 1. The van der Waals surface area contributed by atoms with Gasteiger partial charge in [0.25, 0.3) is 0 Å². The molecule has 0 aliphatic carbocycles. The van der Waals surface area contributed by atoms with Crippen molar-refractivity contribution in [2.75, 3.05) is 24.6 Å². The van der Waals surface area contributed by atoms with Crippen LogP contribution < -0.4 is 5.73 Å². The number of H-pyrrole nitrogens is 1. The number of amides is 1. The summed E-state index contributed by atoms with van der Waals surface area (Å²) in [6.07, 6.45) is 0. The number of rotatable bonds is 5. The van der Waals surface area contributed by atoms with Crippen LogP contribution in [0.15, 0.2) is 5.16 Å². The van der Waals surface area contributed by atoms with Gasteiger partial charge >= 0.3 is 0 Å². The summed E-state index contributed by atoms with van der Waals surface area (Å²) >= 11 is 1.28. The monoisotopic (exact) mass is 229 g/mol. The summed E-state index contributed by atoms with van der Waals surface area (Å²) in [6, 6.07) is 0. The van der Waals surface area contributed by atoms with Crippen LogP contribution in [0.2, 0.25) is 0 Å². The molecule has 0 unspecified atom stereocenters. The fourth-order valence-electron chi connectivity index (χ4n) is 1.12. The van der Waals surface area contributed by atoms with E-state index in [1.165, 1.54) is 11.8 Å². The van der Waals surface area contributed by atoms with E-state index in [1.54, 1.807) is 4.90 Å². The molecule has 0 aliphatic heterocycles. The third-order valence-corrected chi connectivity index (χ3v) is 2.76. The molecule has 0 saturated heterocycles. The number of nitrogens with zero attached hydrogens (tertiary/aromatic N) is 3. The van der Waals surface area contributed by atoms with Crippen LogP contribution in [0.5, 0.6) is 0 Å². The van der Waals surface area contributed by atoms with Crippen molar-refractivity contribution in [3.63, 3.8) is 0 Å². The highest BCUT2D eigenvalue weighted by Gasteiger charge is 2.11. The SMILES string of the molecule is CCN(CC)C(=O)CSc1n[nH]c(N)n1. The minimum absolute atomic E-state index is 0.0911. The first-order valence-electron chi connectivity index (χ1n) is 4.75. The van der Waals surface area contributed by atoms with Gasteiger partial charge in [0.1, 0.15) is 0 Å². The summed E-state index contributed by atoms with van der Waals surface area (Å²) < 4.78 is 0. The minimum atomic E-state index is 0.0911. The maximum Gasteiger partial charge on any atom is 0.233 e. The molecule has 84 valence electrons. The summed E-state index contributed by atoms with van der Waals surface area (Å²) in [5.74, 6) is 0.708. The largest absolute Gasteiger partial charge is 0.368 e. The number of anilines is 1. The Hall–Kier alpha value is -1.24. The van der Waals surface area contributed by atoms with Crippen LogP contribution in [-0.2, 0) is 4.79 Å². The van der Waals surface area contributed by atoms with Crippen molar-refractivity contribution >= 4 is 23.6 Å². The number of carbonyl (C=O) groups excluding carboxylic acids is 1. The quantitative estimate of drug-likeness (QED) is 0.711. The molecule has 0 aliphatic rings. The van der Waals surface area contributed by atoms with Crippen molar-refractivity contribution in [2.45, 2.75) is 19.0 Å². The molecule has 1 amide bonds. The number of nitrogen functional groups attached to an aromatic ring is 1. The summed E-state index contributed by atoms with van der Waals surface area (Å²) in [5.41, 5.74) is 5.36. The van der Waals surface area contributed by atoms with Crippen molar-refractivity contribution in [2.24, 2.45) is 0 Å². The molecule has 0 aromatic carbocycles. The Morgan fingerprint density at radius 1 is 1.53 bits per heavy atom. The molecule has 1 aromatic heterocycles. The van der Waals surface area contributed by atoms with Gasteiger partial charge in [-0.3, -0.25) is 4.79 Å². The standard InChI is InChI=1S/C8H15N5OS/c1-3-13(4-2)6(14)5-15-8-10-7(9)11-12-8/h3-5H2,1-2H3,(H3,9,10,11,12). The normalized spacial score (nSPS) is 10.3. The molecule has 1 aromatic rings. The number of hydrogen-bond acceptors (Lipinski definition) is 5. The van der Waals surface area contributed by atoms with E-state index in [2.05, 4.69) is 15.2 Å². The zero-order valence-electron chi connectivity index (χ0n) is 8.86. The second-order valence-electron chi connectivity index (χ2n) is 2.86. The smallest absolute Gasteiger partial charge is 0.233 e. The molecular formula is C8H15N5OS. The molecule has 1 rings (SSSR count). The molecule has 7 heteroatoms. The molecule has 0 fully saturated rings. The Kier molecular flexibility index (Phi) is 4.41. The maximum atomic E-state index is 11.6. The highest BCUT2D eigenvalue weighted by Crippen LogP contribution is 2.13. The van der Waals surface area contributed by atoms with Crippen LogP contribution in [0.4, 0.5) is 5.95 Å². The Morgan fingerprint density at radius 3 is 2.67 bits per heavy atom. The number of carbonyl (C=O) groups is 1. The van der Waals surface area contributed by atoms with Gasteiger partial charge in [-0.05, 0) is 13.8 Å². The van der Waals surface area contributed by atoms with Crippen molar-refractivity contribution < 1.29 is 4.79 Å². The number of aromatic amines is 1. The minimum Gasteiger partial charge on any atom is -0.368 e. The fourth-order valence-corrected chi connectivity index (χ4v) is 1.82. The van der Waals surface area contributed by atoms with E-state index in [0.29, 0.717) is 10.9 Å². The van der Waals surface area contributed by atoms with Crippen LogP contribution in [0, 0.1) is 0 Å². The van der Waals surface area contributed by atoms with Gasteiger partial charge in [0.2, 0.25) is 17.0 Å². The molecule has 0 saturated carbocycles. The van der Waals surface area contributed by atoms with Gasteiger partial charge in [-0.15, -0.1) is 5.10 Å². The molecule has 0 atom stereocenters. The van der Waals surface area contributed by atoms with Crippen LogP contribution >= 0.6 is 11.8 Å². The molecule has 6 nitrogen and oxygen atoms in total. The van der Waals surface area contributed by atoms with Gasteiger partial charge < -0.3 is 10.6 Å². The van der Waals surface area contributed by atoms with Crippen LogP contribution in [-0.4, -0.2) is 44.8 Å². The highest BCUT2D eigenvalue weighted by molar-refractivity contribution is 7.99. The summed E-state index contributed by atoms with van der Waals surface area (Å²) in [7, 11) is 0. The van der Waals surface area contributed by atoms with Crippen molar-refractivity contribution in [3.05, 3.63) is 0 Å². The Morgan fingerprint density at radius 2 is 2.20 bits per heavy atom. The van der Waals surface area contributed by atoms with E-state index in [4.69, 9.17) is 5.73 Å². The Balaban J connectivity index is 2.40. The first-order valence-corrected chi connectivity index (χ1v) is 5.74. The second-order valence-corrected chi connectivity index (χ2v) is 3.80. The van der Waals surface area contributed by atoms with E-state index < -0.39 is 0 Å². The van der Waals surface area contributed by atoms with Gasteiger partial charge in [-0.25, -0.2) is 5.10 Å². The Bertz CT molecular complexity index is 323. The Labute approximate surface area is 92.6 Å².